The van der Waals surface area contributed by atoms with Crippen molar-refractivity contribution >= 4 is 32.9 Å². The largest absolute Gasteiger partial charge is 0.331 e. The van der Waals surface area contributed by atoms with Gasteiger partial charge in [-0.05, 0) is 31.2 Å². The van der Waals surface area contributed by atoms with Crippen molar-refractivity contribution in [1.29, 1.82) is 0 Å². The Morgan fingerprint density at radius 3 is 3.04 bits per heavy atom. The average Bonchev–Trinajstić information content (AvgIpc) is 3.38. The number of nitrogens with zero attached hydrogens (tertiary/aromatic N) is 4. The molecule has 8 nitrogen and oxygen atoms in total. The first-order chi connectivity index (χ1) is 13.4. The molecule has 146 valence electrons. The van der Waals surface area contributed by atoms with Crippen molar-refractivity contribution in [3.63, 3.8) is 0 Å². The van der Waals surface area contributed by atoms with E-state index in [9.17, 15) is 13.2 Å². The molecular formula is C18H19N5O3S2. The van der Waals surface area contributed by atoms with Crippen molar-refractivity contribution in [3.8, 4) is 0 Å². The zero-order chi connectivity index (χ0) is 19.5. The molecule has 1 N–H and O–H groups in total. The maximum Gasteiger partial charge on any atom is 0.250 e. The van der Waals surface area contributed by atoms with Gasteiger partial charge in [-0.15, -0.1) is 11.3 Å². The van der Waals surface area contributed by atoms with E-state index in [0.717, 1.165) is 46.8 Å². The number of amides is 1. The van der Waals surface area contributed by atoms with Crippen LogP contribution in [0, 0.1) is 6.92 Å². The van der Waals surface area contributed by atoms with E-state index < -0.39 is 10.0 Å². The number of carbonyl (C=O) groups excluding carboxylic acids is 1. The van der Waals surface area contributed by atoms with Crippen LogP contribution in [0.2, 0.25) is 0 Å². The number of fused-ring (bicyclic) bond motifs is 6. The van der Waals surface area contributed by atoms with E-state index in [1.807, 2.05) is 28.6 Å². The molecule has 0 unspecified atom stereocenters. The number of aromatic nitrogens is 3. The minimum absolute atomic E-state index is 0.0614. The molecule has 28 heavy (non-hydrogen) atoms. The molecule has 0 saturated carbocycles. The van der Waals surface area contributed by atoms with Gasteiger partial charge < -0.3 is 4.90 Å². The standard InChI is InChI=1S/C18H19N5O3S2/c1-11-7-16-19-9-13-14-5-4-12(8-15(13)23(16)21-11)22(14)17(24)10-20-28(25,26)18-3-2-6-27-18/h2-3,6-7,9,12,14,20H,4-5,8,10H2,1H3/t12-,14-/m0/s1. The van der Waals surface area contributed by atoms with Crippen LogP contribution in [0.5, 0.6) is 0 Å². The first-order valence-corrected chi connectivity index (χ1v) is 11.5. The third kappa shape index (κ3) is 2.75. The Labute approximate surface area is 166 Å². The Morgan fingerprint density at radius 1 is 1.39 bits per heavy atom. The maximum atomic E-state index is 12.9. The lowest BCUT2D eigenvalue weighted by Crippen LogP contribution is -2.47. The van der Waals surface area contributed by atoms with Crippen LogP contribution < -0.4 is 4.72 Å². The molecule has 5 rings (SSSR count). The van der Waals surface area contributed by atoms with Crippen LogP contribution in [0.4, 0.5) is 0 Å². The second-order valence-electron chi connectivity index (χ2n) is 7.22. The number of thiophene rings is 1. The van der Waals surface area contributed by atoms with E-state index in [1.165, 1.54) is 6.07 Å². The first-order valence-electron chi connectivity index (χ1n) is 9.12. The molecule has 2 bridgehead atoms. The molecule has 0 aliphatic carbocycles. The van der Waals surface area contributed by atoms with Gasteiger partial charge in [-0.2, -0.15) is 5.10 Å². The van der Waals surface area contributed by atoms with E-state index in [0.29, 0.717) is 6.42 Å². The van der Waals surface area contributed by atoms with Crippen molar-refractivity contribution in [3.05, 3.63) is 46.7 Å². The normalized spacial score (nSPS) is 21.2. The van der Waals surface area contributed by atoms with Gasteiger partial charge in [0.2, 0.25) is 5.91 Å². The second-order valence-corrected chi connectivity index (χ2v) is 10.2. The Balaban J connectivity index is 1.40. The van der Waals surface area contributed by atoms with E-state index in [-0.39, 0.29) is 28.7 Å². The maximum absolute atomic E-state index is 12.9. The number of nitrogens with one attached hydrogen (secondary N) is 1. The highest BCUT2D eigenvalue weighted by Crippen LogP contribution is 2.43. The van der Waals surface area contributed by atoms with Crippen molar-refractivity contribution in [2.75, 3.05) is 6.54 Å². The number of aryl methyl sites for hydroxylation is 1. The van der Waals surface area contributed by atoms with Crippen LogP contribution in [0.3, 0.4) is 0 Å². The zero-order valence-corrected chi connectivity index (χ0v) is 16.8. The summed E-state index contributed by atoms with van der Waals surface area (Å²) in [7, 11) is -3.66. The highest BCUT2D eigenvalue weighted by atomic mass is 32.2. The minimum Gasteiger partial charge on any atom is -0.331 e. The van der Waals surface area contributed by atoms with Crippen LogP contribution in [0.15, 0.2) is 34.0 Å². The molecule has 0 aromatic carbocycles. The Bertz CT molecular complexity index is 1170. The van der Waals surface area contributed by atoms with Crippen LogP contribution in [0.1, 0.15) is 35.8 Å². The van der Waals surface area contributed by atoms with Gasteiger partial charge in [-0.3, -0.25) is 4.79 Å². The monoisotopic (exact) mass is 417 g/mol. The van der Waals surface area contributed by atoms with Gasteiger partial charge in [0, 0.05) is 30.3 Å². The Hall–Kier alpha value is -2.30. The van der Waals surface area contributed by atoms with E-state index in [4.69, 9.17) is 0 Å². The summed E-state index contributed by atoms with van der Waals surface area (Å²) in [6, 6.07) is 5.13. The van der Waals surface area contributed by atoms with E-state index >= 15 is 0 Å². The fraction of sp³-hybridized carbons (Fsp3) is 0.389. The lowest BCUT2D eigenvalue weighted by molar-refractivity contribution is -0.133. The molecule has 2 aliphatic rings. The SMILES string of the molecule is Cc1cc2ncc3c(n2n1)C[C@@H]1CC[C@@H]3N1C(=O)CNS(=O)(=O)c1cccs1. The fourth-order valence-electron chi connectivity index (χ4n) is 4.32. The molecule has 3 aromatic rings. The van der Waals surface area contributed by atoms with Gasteiger partial charge in [0.25, 0.3) is 10.0 Å². The number of sulfonamides is 1. The third-order valence-corrected chi connectivity index (χ3v) is 8.29. The number of rotatable bonds is 4. The summed E-state index contributed by atoms with van der Waals surface area (Å²) in [5.41, 5.74) is 3.85. The molecule has 2 atom stereocenters. The quantitative estimate of drug-likeness (QED) is 0.697. The smallest absolute Gasteiger partial charge is 0.250 e. The van der Waals surface area contributed by atoms with E-state index in [1.54, 1.807) is 11.4 Å². The van der Waals surface area contributed by atoms with Crippen molar-refractivity contribution in [1.82, 2.24) is 24.2 Å². The molecule has 1 fully saturated rings. The minimum atomic E-state index is -3.66. The summed E-state index contributed by atoms with van der Waals surface area (Å²) in [5, 5.41) is 6.25. The molecule has 1 amide bonds. The molecule has 2 aliphatic heterocycles. The van der Waals surface area contributed by atoms with Gasteiger partial charge in [-0.25, -0.2) is 22.6 Å². The van der Waals surface area contributed by atoms with Crippen molar-refractivity contribution < 1.29 is 13.2 Å². The van der Waals surface area contributed by atoms with Crippen LogP contribution in [-0.4, -0.2) is 46.4 Å². The topological polar surface area (TPSA) is 96.7 Å². The number of hydrogen-bond donors (Lipinski definition) is 1. The average molecular weight is 418 g/mol. The molecular weight excluding hydrogens is 398 g/mol. The molecule has 0 radical (unpaired) electrons. The highest BCUT2D eigenvalue weighted by Gasteiger charge is 2.43. The molecule has 10 heteroatoms. The summed E-state index contributed by atoms with van der Waals surface area (Å²) in [5.74, 6) is -0.199. The lowest BCUT2D eigenvalue weighted by Gasteiger charge is -2.36. The predicted molar refractivity (Wildman–Crippen MR) is 104 cm³/mol. The second kappa shape index (κ2) is 6.36. The summed E-state index contributed by atoms with van der Waals surface area (Å²) in [4.78, 5) is 19.2. The summed E-state index contributed by atoms with van der Waals surface area (Å²) < 4.78 is 29.2. The van der Waals surface area contributed by atoms with Crippen molar-refractivity contribution in [2.45, 2.75) is 42.5 Å². The van der Waals surface area contributed by atoms with Gasteiger partial charge in [0.1, 0.15) is 4.21 Å². The van der Waals surface area contributed by atoms with Gasteiger partial charge >= 0.3 is 0 Å². The predicted octanol–water partition coefficient (Wildman–Crippen LogP) is 1.67. The van der Waals surface area contributed by atoms with Gasteiger partial charge in [0.05, 0.1) is 24.0 Å². The summed E-state index contributed by atoms with van der Waals surface area (Å²) in [6.45, 7) is 1.70. The van der Waals surface area contributed by atoms with E-state index in [2.05, 4.69) is 14.8 Å². The first kappa shape index (κ1) is 17.8. The molecule has 5 heterocycles. The van der Waals surface area contributed by atoms with Crippen LogP contribution in [0.25, 0.3) is 5.65 Å². The highest BCUT2D eigenvalue weighted by molar-refractivity contribution is 7.91. The molecule has 0 spiro atoms. The van der Waals surface area contributed by atoms with Crippen LogP contribution >= 0.6 is 11.3 Å². The number of carbonyl (C=O) groups is 1. The van der Waals surface area contributed by atoms with Crippen molar-refractivity contribution in [2.24, 2.45) is 0 Å². The van der Waals surface area contributed by atoms with Gasteiger partial charge in [0.15, 0.2) is 5.65 Å². The Morgan fingerprint density at radius 2 is 2.25 bits per heavy atom. The fourth-order valence-corrected chi connectivity index (χ4v) is 6.33. The molecule has 3 aromatic heterocycles. The number of hydrogen-bond acceptors (Lipinski definition) is 6. The van der Waals surface area contributed by atoms with Gasteiger partial charge in [-0.1, -0.05) is 6.07 Å². The zero-order valence-electron chi connectivity index (χ0n) is 15.2. The van der Waals surface area contributed by atoms with Crippen LogP contribution in [-0.2, 0) is 21.2 Å². The Kier molecular flexibility index (Phi) is 4.04. The lowest BCUT2D eigenvalue weighted by atomic mass is 9.99. The molecule has 1 saturated heterocycles. The summed E-state index contributed by atoms with van der Waals surface area (Å²) in [6.07, 6.45) is 4.29. The third-order valence-electron chi connectivity index (χ3n) is 5.49. The summed E-state index contributed by atoms with van der Waals surface area (Å²) >= 11 is 1.13.